The first-order valence-corrected chi connectivity index (χ1v) is 10.1. The average molecular weight is 405 g/mol. The predicted molar refractivity (Wildman–Crippen MR) is 110 cm³/mol. The predicted octanol–water partition coefficient (Wildman–Crippen LogP) is 4.59. The second kappa shape index (κ2) is 8.67. The highest BCUT2D eigenvalue weighted by molar-refractivity contribution is 7.99. The van der Waals surface area contributed by atoms with Crippen molar-refractivity contribution < 1.29 is 14.3 Å². The third-order valence-electron chi connectivity index (χ3n) is 4.15. The fraction of sp³-hybridized carbons (Fsp3) is 0.300. The SMILES string of the molecule is CCSc1ccc(Cl)cc1NC(=O)CCN1C(=O)C(C)Oc2ccccc21. The molecule has 1 atom stereocenters. The van der Waals surface area contributed by atoms with Crippen molar-refractivity contribution in [2.45, 2.75) is 31.3 Å². The molecule has 0 bridgehead atoms. The Morgan fingerprint density at radius 1 is 1.30 bits per heavy atom. The number of benzene rings is 2. The summed E-state index contributed by atoms with van der Waals surface area (Å²) < 4.78 is 5.62. The number of nitrogens with one attached hydrogen (secondary N) is 1. The van der Waals surface area contributed by atoms with Crippen molar-refractivity contribution >= 4 is 46.6 Å². The van der Waals surface area contributed by atoms with E-state index in [0.717, 1.165) is 10.6 Å². The van der Waals surface area contributed by atoms with E-state index < -0.39 is 6.10 Å². The molecule has 3 rings (SSSR count). The minimum atomic E-state index is -0.566. The number of hydrogen-bond donors (Lipinski definition) is 1. The van der Waals surface area contributed by atoms with Gasteiger partial charge >= 0.3 is 0 Å². The Balaban J connectivity index is 1.69. The first kappa shape index (κ1) is 19.6. The minimum Gasteiger partial charge on any atom is -0.479 e. The molecule has 1 heterocycles. The van der Waals surface area contributed by atoms with Gasteiger partial charge in [0.05, 0.1) is 11.4 Å². The minimum absolute atomic E-state index is 0.147. The maximum Gasteiger partial charge on any atom is 0.267 e. The maximum atomic E-state index is 12.5. The van der Waals surface area contributed by atoms with Gasteiger partial charge in [0.2, 0.25) is 5.91 Å². The molecule has 1 aliphatic heterocycles. The van der Waals surface area contributed by atoms with E-state index in [9.17, 15) is 9.59 Å². The fourth-order valence-corrected chi connectivity index (χ4v) is 3.81. The smallest absolute Gasteiger partial charge is 0.267 e. The third kappa shape index (κ3) is 4.57. The lowest BCUT2D eigenvalue weighted by molar-refractivity contribution is -0.125. The van der Waals surface area contributed by atoms with E-state index in [4.69, 9.17) is 16.3 Å². The Bertz CT molecular complexity index is 859. The Morgan fingerprint density at radius 3 is 2.85 bits per heavy atom. The molecule has 0 saturated heterocycles. The summed E-state index contributed by atoms with van der Waals surface area (Å²) in [4.78, 5) is 27.6. The molecule has 0 aromatic heterocycles. The van der Waals surface area contributed by atoms with E-state index in [-0.39, 0.29) is 24.8 Å². The molecule has 2 aromatic rings. The molecular formula is C20H21ClN2O3S. The van der Waals surface area contributed by atoms with Crippen LogP contribution in [0.25, 0.3) is 0 Å². The topological polar surface area (TPSA) is 58.6 Å². The molecule has 0 radical (unpaired) electrons. The molecule has 1 unspecified atom stereocenters. The van der Waals surface area contributed by atoms with Gasteiger partial charge in [-0.25, -0.2) is 0 Å². The molecule has 0 aliphatic carbocycles. The molecule has 0 saturated carbocycles. The number of nitrogens with zero attached hydrogens (tertiary/aromatic N) is 1. The van der Waals surface area contributed by atoms with Crippen molar-refractivity contribution in [1.82, 2.24) is 0 Å². The van der Waals surface area contributed by atoms with Crippen molar-refractivity contribution in [2.24, 2.45) is 0 Å². The van der Waals surface area contributed by atoms with Gasteiger partial charge in [0, 0.05) is 22.9 Å². The Labute approximate surface area is 168 Å². The van der Waals surface area contributed by atoms with Crippen LogP contribution >= 0.6 is 23.4 Å². The van der Waals surface area contributed by atoms with Crippen LogP contribution in [-0.2, 0) is 9.59 Å². The molecule has 142 valence electrons. The number of thioether (sulfide) groups is 1. The third-order valence-corrected chi connectivity index (χ3v) is 5.34. The molecule has 2 amide bonds. The van der Waals surface area contributed by atoms with E-state index in [2.05, 4.69) is 5.32 Å². The fourth-order valence-electron chi connectivity index (χ4n) is 2.90. The molecule has 7 heteroatoms. The highest BCUT2D eigenvalue weighted by Gasteiger charge is 2.31. The van der Waals surface area contributed by atoms with Crippen molar-refractivity contribution in [3.05, 3.63) is 47.5 Å². The van der Waals surface area contributed by atoms with Gasteiger partial charge in [-0.05, 0) is 43.0 Å². The summed E-state index contributed by atoms with van der Waals surface area (Å²) in [5.74, 6) is 1.23. The van der Waals surface area contributed by atoms with E-state index in [1.165, 1.54) is 0 Å². The first-order valence-electron chi connectivity index (χ1n) is 8.79. The van der Waals surface area contributed by atoms with Crippen LogP contribution in [0.5, 0.6) is 5.75 Å². The van der Waals surface area contributed by atoms with Crippen LogP contribution in [0.15, 0.2) is 47.4 Å². The van der Waals surface area contributed by atoms with Crippen LogP contribution < -0.4 is 15.0 Å². The van der Waals surface area contributed by atoms with Gasteiger partial charge in [-0.1, -0.05) is 30.7 Å². The lowest BCUT2D eigenvalue weighted by atomic mass is 10.1. The van der Waals surface area contributed by atoms with Gasteiger partial charge in [0.15, 0.2) is 6.10 Å². The largest absolute Gasteiger partial charge is 0.479 e. The summed E-state index contributed by atoms with van der Waals surface area (Å²) in [6.07, 6.45) is -0.390. The summed E-state index contributed by atoms with van der Waals surface area (Å²) in [6.45, 7) is 4.05. The monoisotopic (exact) mass is 404 g/mol. The number of para-hydroxylation sites is 2. The number of carbonyl (C=O) groups excluding carboxylic acids is 2. The number of fused-ring (bicyclic) bond motifs is 1. The van der Waals surface area contributed by atoms with Crippen LogP contribution in [-0.4, -0.2) is 30.2 Å². The second-order valence-corrected chi connectivity index (χ2v) is 7.83. The highest BCUT2D eigenvalue weighted by atomic mass is 35.5. The molecule has 1 N–H and O–H groups in total. The lowest BCUT2D eigenvalue weighted by Crippen LogP contribution is -2.45. The maximum absolute atomic E-state index is 12.5. The molecule has 1 aliphatic rings. The quantitative estimate of drug-likeness (QED) is 0.715. The van der Waals surface area contributed by atoms with Crippen molar-refractivity contribution in [1.29, 1.82) is 0 Å². The second-order valence-electron chi connectivity index (χ2n) is 6.09. The molecule has 5 nitrogen and oxygen atoms in total. The van der Waals surface area contributed by atoms with E-state index in [1.807, 2.05) is 37.3 Å². The zero-order chi connectivity index (χ0) is 19.4. The molecular weight excluding hydrogens is 384 g/mol. The highest BCUT2D eigenvalue weighted by Crippen LogP contribution is 2.34. The first-order chi connectivity index (χ1) is 13.0. The van der Waals surface area contributed by atoms with Gasteiger partial charge in [-0.3, -0.25) is 9.59 Å². The zero-order valence-electron chi connectivity index (χ0n) is 15.2. The number of hydrogen-bond acceptors (Lipinski definition) is 4. The molecule has 2 aromatic carbocycles. The van der Waals surface area contributed by atoms with Crippen molar-refractivity contribution in [3.8, 4) is 5.75 Å². The van der Waals surface area contributed by atoms with Crippen LogP contribution in [0.4, 0.5) is 11.4 Å². The van der Waals surface area contributed by atoms with Crippen molar-refractivity contribution in [3.63, 3.8) is 0 Å². The van der Waals surface area contributed by atoms with E-state index >= 15 is 0 Å². The average Bonchev–Trinajstić information content (AvgIpc) is 2.64. The summed E-state index contributed by atoms with van der Waals surface area (Å²) >= 11 is 7.70. The summed E-state index contributed by atoms with van der Waals surface area (Å²) in [6, 6.07) is 12.8. The van der Waals surface area contributed by atoms with Crippen LogP contribution in [0.3, 0.4) is 0 Å². The van der Waals surface area contributed by atoms with E-state index in [1.54, 1.807) is 35.7 Å². The standard InChI is InChI=1S/C20H21ClN2O3S/c1-3-27-18-9-8-14(21)12-15(18)22-19(24)10-11-23-16-6-4-5-7-17(16)26-13(2)20(23)25/h4-9,12-13H,3,10-11H2,1-2H3,(H,22,24). The Kier molecular flexibility index (Phi) is 6.29. The number of anilines is 2. The number of halogens is 1. The van der Waals surface area contributed by atoms with Gasteiger partial charge in [0.25, 0.3) is 5.91 Å². The number of amides is 2. The summed E-state index contributed by atoms with van der Waals surface area (Å²) in [5.41, 5.74) is 1.39. The van der Waals surface area contributed by atoms with Gasteiger partial charge in [-0.2, -0.15) is 0 Å². The number of rotatable bonds is 6. The van der Waals surface area contributed by atoms with Crippen LogP contribution in [0.2, 0.25) is 5.02 Å². The van der Waals surface area contributed by atoms with Gasteiger partial charge < -0.3 is 15.0 Å². The summed E-state index contributed by atoms with van der Waals surface area (Å²) in [5, 5.41) is 3.48. The normalized spacial score (nSPS) is 15.9. The molecule has 0 fully saturated rings. The van der Waals surface area contributed by atoms with Crippen molar-refractivity contribution in [2.75, 3.05) is 22.5 Å². The molecule has 27 heavy (non-hydrogen) atoms. The van der Waals surface area contributed by atoms with Crippen LogP contribution in [0, 0.1) is 0 Å². The Morgan fingerprint density at radius 2 is 2.07 bits per heavy atom. The zero-order valence-corrected chi connectivity index (χ0v) is 16.8. The van der Waals surface area contributed by atoms with Gasteiger partial charge in [0.1, 0.15) is 5.75 Å². The van der Waals surface area contributed by atoms with Crippen LogP contribution in [0.1, 0.15) is 20.3 Å². The summed E-state index contributed by atoms with van der Waals surface area (Å²) in [7, 11) is 0. The Hall–Kier alpha value is -2.18. The van der Waals surface area contributed by atoms with Gasteiger partial charge in [-0.15, -0.1) is 11.8 Å². The lowest BCUT2D eigenvalue weighted by Gasteiger charge is -2.32. The number of carbonyl (C=O) groups is 2. The van der Waals surface area contributed by atoms with E-state index in [0.29, 0.717) is 22.1 Å². The number of ether oxygens (including phenoxy) is 1. The molecule has 0 spiro atoms.